The minimum absolute atomic E-state index is 0.344. The van der Waals surface area contributed by atoms with Gasteiger partial charge >= 0.3 is 0 Å². The summed E-state index contributed by atoms with van der Waals surface area (Å²) in [5.41, 5.74) is 0. The fourth-order valence-corrected chi connectivity index (χ4v) is 2.98. The molecule has 3 heteroatoms. The molecule has 2 fully saturated rings. The van der Waals surface area contributed by atoms with Crippen LogP contribution in [0.3, 0.4) is 0 Å². The Morgan fingerprint density at radius 2 is 2.29 bits per heavy atom. The van der Waals surface area contributed by atoms with Crippen LogP contribution in [0.1, 0.15) is 26.2 Å². The van der Waals surface area contributed by atoms with E-state index in [9.17, 15) is 5.11 Å². The molecule has 0 spiro atoms. The van der Waals surface area contributed by atoms with Crippen molar-refractivity contribution >= 4 is 0 Å². The number of nitrogens with zero attached hydrogens (tertiary/aromatic N) is 1. The van der Waals surface area contributed by atoms with Crippen molar-refractivity contribution in [2.75, 3.05) is 26.2 Å². The van der Waals surface area contributed by atoms with E-state index in [2.05, 4.69) is 17.1 Å². The maximum absolute atomic E-state index is 9.30. The molecule has 2 N–H and O–H groups in total. The van der Waals surface area contributed by atoms with Crippen LogP contribution in [-0.2, 0) is 0 Å². The Hall–Kier alpha value is -0.120. The van der Waals surface area contributed by atoms with Gasteiger partial charge in [-0.1, -0.05) is 6.92 Å². The number of aliphatic hydroxyl groups is 1. The van der Waals surface area contributed by atoms with Crippen LogP contribution < -0.4 is 5.32 Å². The summed E-state index contributed by atoms with van der Waals surface area (Å²) in [6, 6.07) is 1.15. The van der Waals surface area contributed by atoms with Crippen molar-refractivity contribution in [3.8, 4) is 0 Å². The lowest BCUT2D eigenvalue weighted by Crippen LogP contribution is -2.51. The third-order valence-electron chi connectivity index (χ3n) is 3.80. The normalized spacial score (nSPS) is 40.3. The number of nitrogens with one attached hydrogen (secondary N) is 1. The summed E-state index contributed by atoms with van der Waals surface area (Å²) in [4.78, 5) is 2.55. The SMILES string of the molecule is C[C@@H]1CNCCC1N1CCC[C@H]1CO. The maximum atomic E-state index is 9.30. The lowest BCUT2D eigenvalue weighted by Gasteiger charge is -2.39. The zero-order chi connectivity index (χ0) is 9.97. The number of hydrogen-bond donors (Lipinski definition) is 2. The number of piperidine rings is 1. The number of likely N-dealkylation sites (tertiary alicyclic amines) is 1. The quantitative estimate of drug-likeness (QED) is 0.676. The third kappa shape index (κ3) is 1.95. The van der Waals surface area contributed by atoms with E-state index < -0.39 is 0 Å². The molecule has 0 radical (unpaired) electrons. The van der Waals surface area contributed by atoms with Gasteiger partial charge in [-0.3, -0.25) is 4.90 Å². The maximum Gasteiger partial charge on any atom is 0.0586 e. The van der Waals surface area contributed by atoms with Crippen molar-refractivity contribution < 1.29 is 5.11 Å². The predicted molar refractivity (Wildman–Crippen MR) is 57.3 cm³/mol. The molecule has 2 aliphatic rings. The summed E-state index contributed by atoms with van der Waals surface area (Å²) in [5.74, 6) is 0.732. The minimum Gasteiger partial charge on any atom is -0.395 e. The molecule has 0 saturated carbocycles. The molecule has 0 bridgehead atoms. The highest BCUT2D eigenvalue weighted by Crippen LogP contribution is 2.26. The van der Waals surface area contributed by atoms with Crippen LogP contribution in [0.2, 0.25) is 0 Å². The Labute approximate surface area is 86.5 Å². The molecule has 3 nitrogen and oxygen atoms in total. The Bertz CT molecular complexity index is 186. The molecule has 3 atom stereocenters. The van der Waals surface area contributed by atoms with Crippen LogP contribution in [0.4, 0.5) is 0 Å². The van der Waals surface area contributed by atoms with Crippen molar-refractivity contribution in [1.82, 2.24) is 10.2 Å². The molecule has 2 aliphatic heterocycles. The van der Waals surface area contributed by atoms with Gasteiger partial charge in [0.25, 0.3) is 0 Å². The summed E-state index contributed by atoms with van der Waals surface area (Å²) in [7, 11) is 0. The number of hydrogen-bond acceptors (Lipinski definition) is 3. The highest BCUT2D eigenvalue weighted by molar-refractivity contribution is 4.89. The van der Waals surface area contributed by atoms with Gasteiger partial charge in [0, 0.05) is 12.1 Å². The van der Waals surface area contributed by atoms with Gasteiger partial charge in [0.15, 0.2) is 0 Å². The average molecular weight is 198 g/mol. The average Bonchev–Trinajstić information content (AvgIpc) is 2.66. The van der Waals surface area contributed by atoms with E-state index in [4.69, 9.17) is 0 Å². The molecule has 2 rings (SSSR count). The van der Waals surface area contributed by atoms with Crippen LogP contribution >= 0.6 is 0 Å². The van der Waals surface area contributed by atoms with E-state index in [-0.39, 0.29) is 0 Å². The van der Waals surface area contributed by atoms with Gasteiger partial charge in [-0.25, -0.2) is 0 Å². The highest BCUT2D eigenvalue weighted by atomic mass is 16.3. The van der Waals surface area contributed by atoms with Crippen molar-refractivity contribution in [3.05, 3.63) is 0 Å². The van der Waals surface area contributed by atoms with Crippen LogP contribution in [0, 0.1) is 5.92 Å². The summed E-state index contributed by atoms with van der Waals surface area (Å²) in [6.07, 6.45) is 3.70. The lowest BCUT2D eigenvalue weighted by molar-refractivity contribution is 0.0750. The Morgan fingerprint density at radius 3 is 3.00 bits per heavy atom. The molecule has 0 aromatic carbocycles. The van der Waals surface area contributed by atoms with Crippen molar-refractivity contribution in [1.29, 1.82) is 0 Å². The smallest absolute Gasteiger partial charge is 0.0586 e. The molecule has 2 saturated heterocycles. The second-order valence-corrected chi connectivity index (χ2v) is 4.75. The van der Waals surface area contributed by atoms with Gasteiger partial charge in [-0.2, -0.15) is 0 Å². The van der Waals surface area contributed by atoms with Gasteiger partial charge in [-0.15, -0.1) is 0 Å². The first-order valence-corrected chi connectivity index (χ1v) is 5.90. The van der Waals surface area contributed by atoms with E-state index in [1.54, 1.807) is 0 Å². The summed E-state index contributed by atoms with van der Waals surface area (Å²) < 4.78 is 0. The van der Waals surface area contributed by atoms with E-state index in [0.29, 0.717) is 18.7 Å². The topological polar surface area (TPSA) is 35.5 Å². The van der Waals surface area contributed by atoms with Gasteiger partial charge in [0.1, 0.15) is 0 Å². The molecule has 82 valence electrons. The van der Waals surface area contributed by atoms with Crippen LogP contribution in [0.25, 0.3) is 0 Å². The largest absolute Gasteiger partial charge is 0.395 e. The molecule has 0 aromatic heterocycles. The van der Waals surface area contributed by atoms with Crippen molar-refractivity contribution in [2.45, 2.75) is 38.3 Å². The monoisotopic (exact) mass is 198 g/mol. The summed E-state index contributed by atoms with van der Waals surface area (Å²) >= 11 is 0. The fraction of sp³-hybridized carbons (Fsp3) is 1.00. The molecule has 14 heavy (non-hydrogen) atoms. The first-order chi connectivity index (χ1) is 6.83. The zero-order valence-corrected chi connectivity index (χ0v) is 9.08. The van der Waals surface area contributed by atoms with Gasteiger partial charge in [0.05, 0.1) is 6.61 Å². The molecular formula is C11H22N2O. The van der Waals surface area contributed by atoms with Crippen molar-refractivity contribution in [3.63, 3.8) is 0 Å². The molecule has 2 heterocycles. The van der Waals surface area contributed by atoms with E-state index in [1.807, 2.05) is 0 Å². The second-order valence-electron chi connectivity index (χ2n) is 4.75. The first kappa shape index (κ1) is 10.4. The van der Waals surface area contributed by atoms with Gasteiger partial charge < -0.3 is 10.4 Å². The molecule has 0 aromatic rings. The summed E-state index contributed by atoms with van der Waals surface area (Å²) in [5, 5.41) is 12.7. The number of rotatable bonds is 2. The Morgan fingerprint density at radius 1 is 1.43 bits per heavy atom. The van der Waals surface area contributed by atoms with Crippen molar-refractivity contribution in [2.24, 2.45) is 5.92 Å². The van der Waals surface area contributed by atoms with E-state index in [1.165, 1.54) is 25.8 Å². The molecule has 1 unspecified atom stereocenters. The van der Waals surface area contributed by atoms with E-state index in [0.717, 1.165) is 19.0 Å². The van der Waals surface area contributed by atoms with Crippen LogP contribution in [0.15, 0.2) is 0 Å². The summed E-state index contributed by atoms with van der Waals surface area (Å²) in [6.45, 7) is 6.14. The number of aliphatic hydroxyl groups excluding tert-OH is 1. The minimum atomic E-state index is 0.344. The van der Waals surface area contributed by atoms with Crippen LogP contribution in [0.5, 0.6) is 0 Å². The molecular weight excluding hydrogens is 176 g/mol. The highest BCUT2D eigenvalue weighted by Gasteiger charge is 2.34. The van der Waals surface area contributed by atoms with E-state index >= 15 is 0 Å². The Balaban J connectivity index is 1.97. The van der Waals surface area contributed by atoms with Crippen LogP contribution in [-0.4, -0.2) is 48.3 Å². The zero-order valence-electron chi connectivity index (χ0n) is 9.08. The standard InChI is InChI=1S/C11H22N2O/c1-9-7-12-5-4-11(9)13-6-2-3-10(13)8-14/h9-12,14H,2-8H2,1H3/t9-,10+,11?/m1/s1. The second kappa shape index (κ2) is 4.60. The molecule has 0 aliphatic carbocycles. The predicted octanol–water partition coefficient (Wildman–Crippen LogP) is 0.441. The fourth-order valence-electron chi connectivity index (χ4n) is 2.98. The van der Waals surface area contributed by atoms with Gasteiger partial charge in [0.2, 0.25) is 0 Å². The molecule has 0 amide bonds. The van der Waals surface area contributed by atoms with Gasteiger partial charge in [-0.05, 0) is 44.8 Å². The lowest BCUT2D eigenvalue weighted by atomic mass is 9.93. The first-order valence-electron chi connectivity index (χ1n) is 5.90. The third-order valence-corrected chi connectivity index (χ3v) is 3.80. The Kier molecular flexibility index (Phi) is 3.42.